The van der Waals surface area contributed by atoms with E-state index in [4.69, 9.17) is 0 Å². The number of carbonyl (C=O) groups is 1. The fraction of sp³-hybridized carbons (Fsp3) is 0.889. The molecule has 1 N–H and O–H groups in total. The summed E-state index contributed by atoms with van der Waals surface area (Å²) < 4.78 is 0. The maximum atomic E-state index is 11.4. The second-order valence-corrected chi connectivity index (χ2v) is 5.24. The SMILES string of the molecule is CC1(C)NC(=O)C[C@@H]2C[C@H](S)CN21. The third-order valence-electron chi connectivity index (χ3n) is 2.98. The Hall–Kier alpha value is -0.220. The van der Waals surface area contributed by atoms with Gasteiger partial charge in [-0.1, -0.05) is 0 Å². The molecule has 0 aromatic carbocycles. The molecule has 2 aliphatic rings. The third-order valence-corrected chi connectivity index (χ3v) is 3.35. The van der Waals surface area contributed by atoms with Crippen molar-refractivity contribution in [1.29, 1.82) is 0 Å². The Labute approximate surface area is 84.3 Å². The molecule has 0 aromatic heterocycles. The van der Waals surface area contributed by atoms with Gasteiger partial charge in [-0.15, -0.1) is 0 Å². The highest BCUT2D eigenvalue weighted by molar-refractivity contribution is 7.81. The number of carbonyl (C=O) groups excluding carboxylic acids is 1. The Kier molecular flexibility index (Phi) is 2.07. The van der Waals surface area contributed by atoms with Crippen molar-refractivity contribution in [2.24, 2.45) is 0 Å². The van der Waals surface area contributed by atoms with Crippen LogP contribution in [-0.4, -0.2) is 34.3 Å². The minimum absolute atomic E-state index is 0.175. The van der Waals surface area contributed by atoms with Gasteiger partial charge in [-0.05, 0) is 20.3 Å². The zero-order valence-corrected chi connectivity index (χ0v) is 8.97. The Balaban J connectivity index is 2.20. The molecule has 2 heterocycles. The van der Waals surface area contributed by atoms with Gasteiger partial charge in [0.25, 0.3) is 0 Å². The second-order valence-electron chi connectivity index (χ2n) is 4.51. The van der Waals surface area contributed by atoms with E-state index in [9.17, 15) is 4.79 Å². The molecule has 3 nitrogen and oxygen atoms in total. The molecular weight excluding hydrogens is 184 g/mol. The lowest BCUT2D eigenvalue weighted by atomic mass is 10.0. The quantitative estimate of drug-likeness (QED) is 0.562. The predicted octanol–water partition coefficient (Wildman–Crippen LogP) is 0.615. The third kappa shape index (κ3) is 1.57. The van der Waals surface area contributed by atoms with E-state index in [1.807, 2.05) is 0 Å². The van der Waals surface area contributed by atoms with Gasteiger partial charge in [0.05, 0.1) is 5.66 Å². The summed E-state index contributed by atoms with van der Waals surface area (Å²) in [6, 6.07) is 0.409. The molecule has 2 rings (SSSR count). The summed E-state index contributed by atoms with van der Waals surface area (Å²) in [6.45, 7) is 5.10. The van der Waals surface area contributed by atoms with E-state index < -0.39 is 0 Å². The zero-order chi connectivity index (χ0) is 9.64. The number of thiol groups is 1. The van der Waals surface area contributed by atoms with E-state index >= 15 is 0 Å². The van der Waals surface area contributed by atoms with Crippen LogP contribution in [0.2, 0.25) is 0 Å². The molecule has 0 saturated carbocycles. The number of rotatable bonds is 0. The van der Waals surface area contributed by atoms with Gasteiger partial charge >= 0.3 is 0 Å². The Morgan fingerprint density at radius 1 is 1.62 bits per heavy atom. The van der Waals surface area contributed by atoms with Gasteiger partial charge in [0.15, 0.2) is 0 Å². The van der Waals surface area contributed by atoms with Crippen LogP contribution in [0.25, 0.3) is 0 Å². The number of hydrogen-bond donors (Lipinski definition) is 2. The first-order valence-corrected chi connectivity index (χ1v) is 5.26. The average molecular weight is 200 g/mol. The van der Waals surface area contributed by atoms with Gasteiger partial charge in [-0.25, -0.2) is 0 Å². The highest BCUT2D eigenvalue weighted by Crippen LogP contribution is 2.32. The summed E-state index contributed by atoms with van der Waals surface area (Å²) in [5.74, 6) is 0.175. The van der Waals surface area contributed by atoms with E-state index in [1.54, 1.807) is 0 Å². The van der Waals surface area contributed by atoms with Gasteiger partial charge in [-0.3, -0.25) is 9.69 Å². The number of nitrogens with one attached hydrogen (secondary N) is 1. The van der Waals surface area contributed by atoms with Crippen LogP contribution in [0.3, 0.4) is 0 Å². The number of fused-ring (bicyclic) bond motifs is 1. The number of nitrogens with zero attached hydrogens (tertiary/aromatic N) is 1. The number of amides is 1. The molecule has 2 atom stereocenters. The van der Waals surface area contributed by atoms with Gasteiger partial charge in [-0.2, -0.15) is 12.6 Å². The largest absolute Gasteiger partial charge is 0.338 e. The molecule has 13 heavy (non-hydrogen) atoms. The second kappa shape index (κ2) is 2.89. The summed E-state index contributed by atoms with van der Waals surface area (Å²) in [4.78, 5) is 13.7. The standard InChI is InChI=1S/C9H16N2OS/c1-9(2)10-8(12)4-6-3-7(13)5-11(6)9/h6-7,13H,3-5H2,1-2H3,(H,10,12)/t6-,7-/m0/s1. The predicted molar refractivity (Wildman–Crippen MR) is 54.7 cm³/mol. The molecule has 2 aliphatic heterocycles. The first-order chi connectivity index (χ1) is 5.99. The van der Waals surface area contributed by atoms with Crippen LogP contribution in [0.1, 0.15) is 26.7 Å². The van der Waals surface area contributed by atoms with Gasteiger partial charge in [0.1, 0.15) is 0 Å². The first kappa shape index (κ1) is 9.34. The van der Waals surface area contributed by atoms with Crippen molar-refractivity contribution in [3.8, 4) is 0 Å². The lowest BCUT2D eigenvalue weighted by molar-refractivity contribution is -0.131. The van der Waals surface area contributed by atoms with Gasteiger partial charge in [0, 0.05) is 24.3 Å². The Morgan fingerprint density at radius 2 is 2.31 bits per heavy atom. The normalized spacial score (nSPS) is 38.5. The van der Waals surface area contributed by atoms with E-state index in [2.05, 4.69) is 36.7 Å². The summed E-state index contributed by atoms with van der Waals surface area (Å²) in [5.41, 5.74) is -0.183. The van der Waals surface area contributed by atoms with Gasteiger partial charge < -0.3 is 5.32 Å². The van der Waals surface area contributed by atoms with Crippen LogP contribution >= 0.6 is 12.6 Å². The zero-order valence-electron chi connectivity index (χ0n) is 8.08. The Bertz CT molecular complexity index is 242. The number of hydrogen-bond acceptors (Lipinski definition) is 3. The molecular formula is C9H16N2OS. The average Bonchev–Trinajstić information content (AvgIpc) is 2.28. The van der Waals surface area contributed by atoms with Crippen LogP contribution in [0.4, 0.5) is 0 Å². The lowest BCUT2D eigenvalue weighted by Crippen LogP contribution is -2.63. The molecule has 2 fully saturated rings. The fourth-order valence-electron chi connectivity index (χ4n) is 2.45. The molecule has 0 unspecified atom stereocenters. The molecule has 0 aliphatic carbocycles. The van der Waals surface area contributed by atoms with Crippen LogP contribution < -0.4 is 5.32 Å². The molecule has 0 radical (unpaired) electrons. The topological polar surface area (TPSA) is 32.3 Å². The fourth-order valence-corrected chi connectivity index (χ4v) is 2.87. The summed E-state index contributed by atoms with van der Waals surface area (Å²) >= 11 is 4.47. The molecule has 74 valence electrons. The maximum absolute atomic E-state index is 11.4. The molecule has 0 aromatic rings. The molecule has 1 amide bonds. The smallest absolute Gasteiger partial charge is 0.222 e. The van der Waals surface area contributed by atoms with E-state index in [0.29, 0.717) is 17.7 Å². The van der Waals surface area contributed by atoms with E-state index in [1.165, 1.54) is 0 Å². The van der Waals surface area contributed by atoms with E-state index in [-0.39, 0.29) is 11.6 Å². The van der Waals surface area contributed by atoms with Crippen molar-refractivity contribution in [2.45, 2.75) is 43.6 Å². The first-order valence-electron chi connectivity index (χ1n) is 4.75. The van der Waals surface area contributed by atoms with Crippen molar-refractivity contribution >= 4 is 18.5 Å². The van der Waals surface area contributed by atoms with Crippen molar-refractivity contribution in [1.82, 2.24) is 10.2 Å². The van der Waals surface area contributed by atoms with Crippen molar-refractivity contribution < 1.29 is 4.79 Å². The molecule has 0 bridgehead atoms. The molecule has 4 heteroatoms. The van der Waals surface area contributed by atoms with Crippen molar-refractivity contribution in [3.63, 3.8) is 0 Å². The maximum Gasteiger partial charge on any atom is 0.222 e. The highest BCUT2D eigenvalue weighted by atomic mass is 32.1. The van der Waals surface area contributed by atoms with Crippen LogP contribution in [0, 0.1) is 0 Å². The lowest BCUT2D eigenvalue weighted by Gasteiger charge is -2.44. The summed E-state index contributed by atoms with van der Waals surface area (Å²) in [5, 5.41) is 3.43. The van der Waals surface area contributed by atoms with Crippen molar-refractivity contribution in [3.05, 3.63) is 0 Å². The van der Waals surface area contributed by atoms with Gasteiger partial charge in [0.2, 0.25) is 5.91 Å². The summed E-state index contributed by atoms with van der Waals surface area (Å²) in [7, 11) is 0. The monoisotopic (exact) mass is 200 g/mol. The summed E-state index contributed by atoms with van der Waals surface area (Å²) in [6.07, 6.45) is 1.68. The molecule has 0 spiro atoms. The Morgan fingerprint density at radius 3 is 3.00 bits per heavy atom. The van der Waals surface area contributed by atoms with Crippen LogP contribution in [0.15, 0.2) is 0 Å². The van der Waals surface area contributed by atoms with Crippen molar-refractivity contribution in [2.75, 3.05) is 6.54 Å². The van der Waals surface area contributed by atoms with Crippen LogP contribution in [-0.2, 0) is 4.79 Å². The van der Waals surface area contributed by atoms with Crippen LogP contribution in [0.5, 0.6) is 0 Å². The molecule has 2 saturated heterocycles. The minimum Gasteiger partial charge on any atom is -0.338 e. The van der Waals surface area contributed by atoms with E-state index in [0.717, 1.165) is 13.0 Å². The highest BCUT2D eigenvalue weighted by Gasteiger charge is 2.44. The minimum atomic E-state index is -0.183.